The van der Waals surface area contributed by atoms with Crippen LogP contribution in [0.25, 0.3) is 0 Å². The highest BCUT2D eigenvalue weighted by molar-refractivity contribution is 6.93. The summed E-state index contributed by atoms with van der Waals surface area (Å²) < 4.78 is 2.82. The fourth-order valence-corrected chi connectivity index (χ4v) is 15.6. The lowest BCUT2D eigenvalue weighted by atomic mass is 10.4. The predicted molar refractivity (Wildman–Crippen MR) is 77.8 cm³/mol. The van der Waals surface area contributed by atoms with Crippen molar-refractivity contribution in [3.63, 3.8) is 0 Å². The molecule has 0 saturated carbocycles. The summed E-state index contributed by atoms with van der Waals surface area (Å²) >= 11 is 0. The summed E-state index contributed by atoms with van der Waals surface area (Å²) in [7, 11) is -2.01. The zero-order valence-corrected chi connectivity index (χ0v) is 14.0. The third-order valence-electron chi connectivity index (χ3n) is 2.81. The highest BCUT2D eigenvalue weighted by Gasteiger charge is 2.33. The second-order valence-electron chi connectivity index (χ2n) is 6.54. The van der Waals surface area contributed by atoms with Crippen LogP contribution in [0.4, 0.5) is 0 Å². The Kier molecular flexibility index (Phi) is 6.37. The van der Waals surface area contributed by atoms with Crippen LogP contribution >= 0.6 is 0 Å². The molecular formula is C12H31NSi2. The maximum atomic E-state index is 2.82. The minimum absolute atomic E-state index is 0.893. The Balaban J connectivity index is 4.47. The van der Waals surface area contributed by atoms with Gasteiger partial charge in [0, 0.05) is 8.07 Å². The molecule has 15 heavy (non-hydrogen) atoms. The van der Waals surface area contributed by atoms with Crippen LogP contribution in [0.1, 0.15) is 26.7 Å². The molecule has 1 nitrogen and oxygen atoms in total. The molecule has 0 bridgehead atoms. The van der Waals surface area contributed by atoms with Crippen LogP contribution in [0.15, 0.2) is 0 Å². The molecule has 0 aliphatic rings. The first kappa shape index (κ1) is 15.4. The summed E-state index contributed by atoms with van der Waals surface area (Å²) in [5.74, 6) is 0. The minimum Gasteiger partial charge on any atom is -0.324 e. The Labute approximate surface area is 99.4 Å². The molecule has 0 aliphatic heterocycles. The molecule has 0 N–H and O–H groups in total. The van der Waals surface area contributed by atoms with Crippen molar-refractivity contribution >= 4 is 16.3 Å². The molecule has 0 heterocycles. The van der Waals surface area contributed by atoms with Crippen LogP contribution in [0.5, 0.6) is 0 Å². The number of rotatable bonds is 7. The monoisotopic (exact) mass is 245 g/mol. The van der Waals surface area contributed by atoms with Crippen LogP contribution in [0.3, 0.4) is 0 Å². The number of hydrogen-bond donors (Lipinski definition) is 0. The second-order valence-corrected chi connectivity index (χ2v) is 17.3. The zero-order chi connectivity index (χ0) is 12.1. The first-order chi connectivity index (χ1) is 6.73. The van der Waals surface area contributed by atoms with E-state index in [1.165, 1.54) is 25.9 Å². The molecule has 92 valence electrons. The van der Waals surface area contributed by atoms with Gasteiger partial charge in [-0.3, -0.25) is 0 Å². The van der Waals surface area contributed by atoms with E-state index in [9.17, 15) is 0 Å². The molecule has 0 radical (unpaired) electrons. The number of hydrogen-bond acceptors (Lipinski definition) is 1. The topological polar surface area (TPSA) is 3.24 Å². The van der Waals surface area contributed by atoms with Crippen LogP contribution in [-0.2, 0) is 0 Å². The molecule has 0 unspecified atom stereocenters. The van der Waals surface area contributed by atoms with Crippen molar-refractivity contribution in [1.82, 2.24) is 4.57 Å². The second kappa shape index (κ2) is 6.21. The SMILES string of the molecule is CCCN(CCC)[Si](C)(C)C[Si](C)(C)C. The van der Waals surface area contributed by atoms with Crippen LogP contribution < -0.4 is 0 Å². The lowest BCUT2D eigenvalue weighted by Crippen LogP contribution is -2.53. The summed E-state index contributed by atoms with van der Waals surface area (Å²) in [6.07, 6.45) is 2.62. The van der Waals surface area contributed by atoms with Gasteiger partial charge in [-0.15, -0.1) is 0 Å². The average Bonchev–Trinajstić information content (AvgIpc) is 1.99. The average molecular weight is 246 g/mol. The van der Waals surface area contributed by atoms with Crippen LogP contribution in [0.2, 0.25) is 38.4 Å². The Bertz CT molecular complexity index is 167. The van der Waals surface area contributed by atoms with Gasteiger partial charge in [-0.2, -0.15) is 0 Å². The van der Waals surface area contributed by atoms with Crippen molar-refractivity contribution in [3.8, 4) is 0 Å². The van der Waals surface area contributed by atoms with E-state index in [2.05, 4.69) is 51.1 Å². The van der Waals surface area contributed by atoms with E-state index in [1.807, 2.05) is 0 Å². The number of nitrogens with zero attached hydrogens (tertiary/aromatic N) is 1. The van der Waals surface area contributed by atoms with Gasteiger partial charge in [0.1, 0.15) is 8.24 Å². The van der Waals surface area contributed by atoms with Crippen molar-refractivity contribution in [3.05, 3.63) is 0 Å². The molecule has 0 aliphatic carbocycles. The van der Waals surface area contributed by atoms with E-state index >= 15 is 0 Å². The van der Waals surface area contributed by atoms with E-state index in [4.69, 9.17) is 0 Å². The smallest absolute Gasteiger partial charge is 0.119 e. The third-order valence-corrected chi connectivity index (χ3v) is 12.7. The molecular weight excluding hydrogens is 214 g/mol. The van der Waals surface area contributed by atoms with Crippen LogP contribution in [0, 0.1) is 0 Å². The first-order valence-electron chi connectivity index (χ1n) is 6.48. The first-order valence-corrected chi connectivity index (χ1v) is 13.3. The molecule has 0 amide bonds. The Morgan fingerprint density at radius 1 is 0.800 bits per heavy atom. The van der Waals surface area contributed by atoms with Gasteiger partial charge in [0.15, 0.2) is 0 Å². The van der Waals surface area contributed by atoms with E-state index in [0.29, 0.717) is 0 Å². The van der Waals surface area contributed by atoms with Crippen molar-refractivity contribution in [2.24, 2.45) is 0 Å². The predicted octanol–water partition coefficient (Wildman–Crippen LogP) is 4.19. The Hall–Kier alpha value is 0.394. The maximum absolute atomic E-state index is 2.82. The zero-order valence-electron chi connectivity index (χ0n) is 12.0. The van der Waals surface area contributed by atoms with E-state index in [0.717, 1.165) is 0 Å². The summed E-state index contributed by atoms with van der Waals surface area (Å²) in [6, 6.07) is 0. The molecule has 0 rings (SSSR count). The van der Waals surface area contributed by atoms with Gasteiger partial charge in [-0.25, -0.2) is 0 Å². The molecule has 0 saturated heterocycles. The fourth-order valence-electron chi connectivity index (χ4n) is 2.67. The van der Waals surface area contributed by atoms with Crippen molar-refractivity contribution in [1.29, 1.82) is 0 Å². The molecule has 0 spiro atoms. The summed E-state index contributed by atoms with van der Waals surface area (Å²) in [4.78, 5) is 0. The molecule has 3 heteroatoms. The molecule has 0 aromatic carbocycles. The largest absolute Gasteiger partial charge is 0.324 e. The summed E-state index contributed by atoms with van der Waals surface area (Å²) in [5, 5.41) is 0. The van der Waals surface area contributed by atoms with Gasteiger partial charge in [-0.1, -0.05) is 46.6 Å². The molecule has 0 atom stereocenters. The van der Waals surface area contributed by atoms with Gasteiger partial charge in [0.05, 0.1) is 0 Å². The van der Waals surface area contributed by atoms with Crippen molar-refractivity contribution in [2.75, 3.05) is 13.1 Å². The van der Waals surface area contributed by atoms with Crippen molar-refractivity contribution < 1.29 is 0 Å². The molecule has 0 aromatic rings. The molecule has 0 aromatic heterocycles. The highest BCUT2D eigenvalue weighted by atomic mass is 28.4. The normalized spacial score (nSPS) is 13.6. The van der Waals surface area contributed by atoms with Gasteiger partial charge in [0.2, 0.25) is 0 Å². The van der Waals surface area contributed by atoms with E-state index < -0.39 is 16.3 Å². The van der Waals surface area contributed by atoms with Crippen LogP contribution in [-0.4, -0.2) is 34.0 Å². The lowest BCUT2D eigenvalue weighted by Gasteiger charge is -2.40. The van der Waals surface area contributed by atoms with Gasteiger partial charge < -0.3 is 4.57 Å². The minimum atomic E-state index is -1.12. The third kappa shape index (κ3) is 6.53. The maximum Gasteiger partial charge on any atom is 0.119 e. The standard InChI is InChI=1S/C12H31NSi2/c1-8-10-13(11-9-2)15(6,7)12-14(3,4)5/h8-12H2,1-7H3. The Morgan fingerprint density at radius 3 is 1.47 bits per heavy atom. The molecule has 0 fully saturated rings. The van der Waals surface area contributed by atoms with E-state index in [-0.39, 0.29) is 0 Å². The van der Waals surface area contributed by atoms with Gasteiger partial charge >= 0.3 is 0 Å². The summed E-state index contributed by atoms with van der Waals surface area (Å²) in [5.41, 5.74) is 1.54. The van der Waals surface area contributed by atoms with Gasteiger partial charge in [-0.05, 0) is 31.6 Å². The van der Waals surface area contributed by atoms with Gasteiger partial charge in [0.25, 0.3) is 0 Å². The highest BCUT2D eigenvalue weighted by Crippen LogP contribution is 2.23. The van der Waals surface area contributed by atoms with Crippen molar-refractivity contribution in [2.45, 2.75) is 65.1 Å². The quantitative estimate of drug-likeness (QED) is 0.608. The van der Waals surface area contributed by atoms with E-state index in [1.54, 1.807) is 5.67 Å². The lowest BCUT2D eigenvalue weighted by molar-refractivity contribution is 0.419. The summed E-state index contributed by atoms with van der Waals surface area (Å²) in [6.45, 7) is 19.9. The fraction of sp³-hybridized carbons (Fsp3) is 1.00. The Morgan fingerprint density at radius 2 is 1.20 bits per heavy atom.